The highest BCUT2D eigenvalue weighted by Gasteiger charge is 2.33. The summed E-state index contributed by atoms with van der Waals surface area (Å²) in [6, 6.07) is 4.34. The van der Waals surface area contributed by atoms with Crippen LogP contribution in [-0.2, 0) is 0 Å². The van der Waals surface area contributed by atoms with Gasteiger partial charge in [0.2, 0.25) is 0 Å². The highest BCUT2D eigenvalue weighted by atomic mass is 19.1. The van der Waals surface area contributed by atoms with Crippen LogP contribution in [0.2, 0.25) is 0 Å². The first-order chi connectivity index (χ1) is 11.3. The summed E-state index contributed by atoms with van der Waals surface area (Å²) < 4.78 is 13.9. The van der Waals surface area contributed by atoms with Gasteiger partial charge in [-0.05, 0) is 24.3 Å². The van der Waals surface area contributed by atoms with Gasteiger partial charge in [0.25, 0.3) is 5.91 Å². The Morgan fingerprint density at radius 2 is 2.17 bits per heavy atom. The topological polar surface area (TPSA) is 73.7 Å². The number of aromatic nitrogens is 1. The quantitative estimate of drug-likeness (QED) is 0.842. The Labute approximate surface area is 139 Å². The van der Waals surface area contributed by atoms with Crippen molar-refractivity contribution in [1.29, 1.82) is 0 Å². The number of likely N-dealkylation sites (tertiary alicyclic amines) is 1. The summed E-state index contributed by atoms with van der Waals surface area (Å²) in [5, 5.41) is 20.5. The Balaban J connectivity index is 2.05. The number of amides is 1. The monoisotopic (exact) mass is 332 g/mol. The lowest BCUT2D eigenvalue weighted by molar-refractivity contribution is 0.0704. The number of aliphatic hydroxyl groups is 1. The molecule has 2 N–H and O–H groups in total. The molecule has 24 heavy (non-hydrogen) atoms. The molecule has 1 atom stereocenters. The average molecular weight is 332 g/mol. The molecule has 1 unspecified atom stereocenters. The third-order valence-electron chi connectivity index (χ3n) is 4.47. The molecule has 128 valence electrons. The van der Waals surface area contributed by atoms with E-state index in [1.807, 2.05) is 13.8 Å². The maximum absolute atomic E-state index is 13.9. The van der Waals surface area contributed by atoms with Crippen molar-refractivity contribution in [2.24, 2.45) is 5.41 Å². The summed E-state index contributed by atoms with van der Waals surface area (Å²) in [7, 11) is 0. The third kappa shape index (κ3) is 3.06. The third-order valence-corrected chi connectivity index (χ3v) is 4.47. The van der Waals surface area contributed by atoms with Gasteiger partial charge >= 0.3 is 0 Å². The number of hydrogen-bond acceptors (Lipinski definition) is 4. The van der Waals surface area contributed by atoms with Gasteiger partial charge < -0.3 is 15.1 Å². The molecule has 0 bridgehead atoms. The van der Waals surface area contributed by atoms with Gasteiger partial charge in [-0.1, -0.05) is 26.0 Å². The Kier molecular flexibility index (Phi) is 4.17. The molecular weight excluding hydrogens is 311 g/mol. The fourth-order valence-electron chi connectivity index (χ4n) is 3.44. The van der Waals surface area contributed by atoms with Crippen LogP contribution in [0.15, 0.2) is 24.4 Å². The van der Waals surface area contributed by atoms with Crippen molar-refractivity contribution in [2.45, 2.75) is 32.8 Å². The number of para-hydroxylation sites is 1. The first kappa shape index (κ1) is 16.6. The molecule has 1 aliphatic rings. The SMILES string of the molecule is CC1(C)CC(O)CCN(C(=O)c2c(O)cnc3c(F)cccc23)C1. The molecule has 0 aliphatic carbocycles. The van der Waals surface area contributed by atoms with Gasteiger partial charge in [-0.15, -0.1) is 0 Å². The summed E-state index contributed by atoms with van der Waals surface area (Å²) in [6.07, 6.45) is 1.73. The maximum Gasteiger partial charge on any atom is 0.258 e. The lowest BCUT2D eigenvalue weighted by Crippen LogP contribution is -2.37. The molecule has 0 spiro atoms. The van der Waals surface area contributed by atoms with Crippen molar-refractivity contribution in [3.8, 4) is 5.75 Å². The average Bonchev–Trinajstić information content (AvgIpc) is 2.64. The predicted molar refractivity (Wildman–Crippen MR) is 88.3 cm³/mol. The first-order valence-electron chi connectivity index (χ1n) is 8.02. The summed E-state index contributed by atoms with van der Waals surface area (Å²) in [5.41, 5.74) is -0.116. The normalized spacial score (nSPS) is 20.8. The van der Waals surface area contributed by atoms with E-state index in [0.717, 1.165) is 6.20 Å². The van der Waals surface area contributed by atoms with E-state index in [9.17, 15) is 19.4 Å². The molecule has 0 radical (unpaired) electrons. The molecule has 1 saturated heterocycles. The van der Waals surface area contributed by atoms with Crippen molar-refractivity contribution in [3.05, 3.63) is 35.8 Å². The maximum atomic E-state index is 13.9. The number of aromatic hydroxyl groups is 1. The Morgan fingerprint density at radius 3 is 2.92 bits per heavy atom. The molecule has 1 aromatic heterocycles. The number of carbonyl (C=O) groups is 1. The number of aliphatic hydroxyl groups excluding tert-OH is 1. The van der Waals surface area contributed by atoms with Crippen LogP contribution in [0.5, 0.6) is 5.75 Å². The highest BCUT2D eigenvalue weighted by molar-refractivity contribution is 6.08. The van der Waals surface area contributed by atoms with Crippen LogP contribution in [0.1, 0.15) is 37.0 Å². The Morgan fingerprint density at radius 1 is 1.42 bits per heavy atom. The number of hydrogen-bond donors (Lipinski definition) is 2. The molecule has 6 heteroatoms. The summed E-state index contributed by atoms with van der Waals surface area (Å²) in [5.74, 6) is -1.17. The van der Waals surface area contributed by atoms with E-state index in [1.165, 1.54) is 12.1 Å². The number of nitrogens with zero attached hydrogens (tertiary/aromatic N) is 2. The van der Waals surface area contributed by atoms with E-state index in [0.29, 0.717) is 31.3 Å². The number of carbonyl (C=O) groups excluding carboxylic acids is 1. The van der Waals surface area contributed by atoms with E-state index < -0.39 is 11.9 Å². The molecule has 2 aromatic rings. The van der Waals surface area contributed by atoms with Crippen LogP contribution < -0.4 is 0 Å². The standard InChI is InChI=1S/C18H21FN2O3/c1-18(2)8-11(22)6-7-21(10-18)17(24)15-12-4-3-5-13(19)16(12)20-9-14(15)23/h3-5,9,11,22-23H,6-8,10H2,1-2H3. The van der Waals surface area contributed by atoms with Gasteiger partial charge in [0, 0.05) is 18.5 Å². The molecule has 1 fully saturated rings. The smallest absolute Gasteiger partial charge is 0.258 e. The van der Waals surface area contributed by atoms with Crippen molar-refractivity contribution in [3.63, 3.8) is 0 Å². The van der Waals surface area contributed by atoms with Crippen molar-refractivity contribution >= 4 is 16.8 Å². The van der Waals surface area contributed by atoms with Crippen molar-refractivity contribution < 1.29 is 19.4 Å². The van der Waals surface area contributed by atoms with Gasteiger partial charge in [-0.25, -0.2) is 9.37 Å². The van der Waals surface area contributed by atoms with Crippen LogP contribution in [-0.4, -0.2) is 45.2 Å². The molecule has 1 aromatic carbocycles. The number of benzene rings is 1. The van der Waals surface area contributed by atoms with Crippen LogP contribution >= 0.6 is 0 Å². The second kappa shape index (κ2) is 6.02. The lowest BCUT2D eigenvalue weighted by Gasteiger charge is -2.30. The first-order valence-corrected chi connectivity index (χ1v) is 8.02. The minimum absolute atomic E-state index is 0.0617. The fourth-order valence-corrected chi connectivity index (χ4v) is 3.44. The van der Waals surface area contributed by atoms with E-state index in [4.69, 9.17) is 0 Å². The molecule has 0 saturated carbocycles. The van der Waals surface area contributed by atoms with Crippen LogP contribution in [0, 0.1) is 11.2 Å². The zero-order chi connectivity index (χ0) is 17.5. The van der Waals surface area contributed by atoms with E-state index in [-0.39, 0.29) is 28.2 Å². The number of halogens is 1. The number of pyridine rings is 1. The second-order valence-corrected chi connectivity index (χ2v) is 7.19. The summed E-state index contributed by atoms with van der Waals surface area (Å²) in [4.78, 5) is 18.5. The minimum atomic E-state index is -0.534. The van der Waals surface area contributed by atoms with E-state index in [2.05, 4.69) is 4.98 Å². The zero-order valence-electron chi connectivity index (χ0n) is 13.8. The Hall–Kier alpha value is -2.21. The number of fused-ring (bicyclic) bond motifs is 1. The van der Waals surface area contributed by atoms with E-state index >= 15 is 0 Å². The molecule has 5 nitrogen and oxygen atoms in total. The summed E-state index contributed by atoms with van der Waals surface area (Å²) in [6.45, 7) is 4.83. The van der Waals surface area contributed by atoms with Crippen LogP contribution in [0.25, 0.3) is 10.9 Å². The van der Waals surface area contributed by atoms with Gasteiger partial charge in [-0.3, -0.25) is 4.79 Å². The lowest BCUT2D eigenvalue weighted by atomic mass is 9.87. The fraction of sp³-hybridized carbons (Fsp3) is 0.444. The minimum Gasteiger partial charge on any atom is -0.505 e. The van der Waals surface area contributed by atoms with Gasteiger partial charge in [0.05, 0.1) is 17.9 Å². The van der Waals surface area contributed by atoms with E-state index in [1.54, 1.807) is 11.0 Å². The largest absolute Gasteiger partial charge is 0.505 e. The molecule has 1 aliphatic heterocycles. The van der Waals surface area contributed by atoms with Crippen LogP contribution in [0.3, 0.4) is 0 Å². The van der Waals surface area contributed by atoms with Gasteiger partial charge in [0.1, 0.15) is 17.1 Å². The van der Waals surface area contributed by atoms with Crippen LogP contribution in [0.4, 0.5) is 4.39 Å². The number of rotatable bonds is 1. The molecular formula is C18H21FN2O3. The molecule has 1 amide bonds. The second-order valence-electron chi connectivity index (χ2n) is 7.19. The zero-order valence-corrected chi connectivity index (χ0v) is 13.8. The summed E-state index contributed by atoms with van der Waals surface area (Å²) >= 11 is 0. The van der Waals surface area contributed by atoms with Gasteiger partial charge in [0.15, 0.2) is 0 Å². The Bertz CT molecular complexity index is 791. The predicted octanol–water partition coefficient (Wildman–Crippen LogP) is 2.70. The van der Waals surface area contributed by atoms with Crippen molar-refractivity contribution in [1.82, 2.24) is 9.88 Å². The molecule has 2 heterocycles. The van der Waals surface area contributed by atoms with Crippen molar-refractivity contribution in [2.75, 3.05) is 13.1 Å². The highest BCUT2D eigenvalue weighted by Crippen LogP contribution is 2.32. The van der Waals surface area contributed by atoms with Gasteiger partial charge in [-0.2, -0.15) is 0 Å². The molecule has 3 rings (SSSR count).